The van der Waals surface area contributed by atoms with Gasteiger partial charge in [0, 0.05) is 4.53 Å². The molecule has 1 aromatic heterocycles. The van der Waals surface area contributed by atoms with Crippen molar-refractivity contribution in [1.29, 1.82) is 0 Å². The Morgan fingerprint density at radius 2 is 2.12 bits per heavy atom. The first-order valence-electron chi connectivity index (χ1n) is 4.34. The van der Waals surface area contributed by atoms with E-state index in [0.29, 0.717) is 6.26 Å². The minimum atomic E-state index is -1.56. The Morgan fingerprint density at radius 1 is 1.47 bits per heavy atom. The van der Waals surface area contributed by atoms with Crippen LogP contribution in [0.5, 0.6) is 0 Å². The van der Waals surface area contributed by atoms with Gasteiger partial charge in [0.15, 0.2) is 0 Å². The lowest BCUT2D eigenvalue weighted by Crippen LogP contribution is -2.19. The van der Waals surface area contributed by atoms with Gasteiger partial charge in [-0.3, -0.25) is 4.79 Å². The van der Waals surface area contributed by atoms with E-state index < -0.39 is 33.7 Å². The maximum absolute atomic E-state index is 11.6. The predicted molar refractivity (Wildman–Crippen MR) is 52.5 cm³/mol. The van der Waals surface area contributed by atoms with E-state index in [4.69, 9.17) is 11.6 Å². The number of hydrogen-bond donors (Lipinski definition) is 0. The lowest BCUT2D eigenvalue weighted by molar-refractivity contribution is -0.0791. The van der Waals surface area contributed by atoms with E-state index in [0.717, 1.165) is 0 Å². The zero-order chi connectivity index (χ0) is 13.0. The summed E-state index contributed by atoms with van der Waals surface area (Å²) < 4.78 is 20.8. The molecule has 0 bridgehead atoms. The van der Waals surface area contributed by atoms with Crippen LogP contribution in [0.4, 0.5) is 4.53 Å². The summed E-state index contributed by atoms with van der Waals surface area (Å²) in [5, 5.41) is -0.675. The zero-order valence-corrected chi connectivity index (χ0v) is 9.25. The first kappa shape index (κ1) is 13.2. The summed E-state index contributed by atoms with van der Waals surface area (Å²) in [7, 11) is 0. The van der Waals surface area contributed by atoms with Gasteiger partial charge in [0.25, 0.3) is 0 Å². The smallest absolute Gasteiger partial charge is 0.386 e. The topological polar surface area (TPSA) is 82.8 Å². The third kappa shape index (κ3) is 2.62. The van der Waals surface area contributed by atoms with Crippen LogP contribution in [0.15, 0.2) is 15.5 Å². The van der Waals surface area contributed by atoms with Gasteiger partial charge in [0.2, 0.25) is 11.2 Å². The molecular weight excluding hydrogens is 259 g/mol. The van der Waals surface area contributed by atoms with E-state index in [1.54, 1.807) is 6.92 Å². The van der Waals surface area contributed by atoms with Crippen molar-refractivity contribution in [1.82, 2.24) is 0 Å². The maximum Gasteiger partial charge on any atom is 0.386 e. The molecule has 0 aliphatic rings. The van der Waals surface area contributed by atoms with E-state index in [1.165, 1.54) is 0 Å². The minimum Gasteiger partial charge on any atom is -0.460 e. The van der Waals surface area contributed by atoms with Crippen LogP contribution < -0.4 is 5.43 Å². The summed E-state index contributed by atoms with van der Waals surface area (Å²) in [5.74, 6) is -3.08. The molecule has 0 unspecified atom stereocenters. The summed E-state index contributed by atoms with van der Waals surface area (Å²) in [6, 6.07) is 0. The maximum atomic E-state index is 11.6. The highest BCUT2D eigenvalue weighted by molar-refractivity contribution is 6.33. The van der Waals surface area contributed by atoms with Gasteiger partial charge in [0.05, 0.1) is 6.61 Å². The quantitative estimate of drug-likeness (QED) is 0.770. The molecule has 92 valence electrons. The molecule has 0 spiro atoms. The summed E-state index contributed by atoms with van der Waals surface area (Å²) in [4.78, 5) is 36.3. The summed E-state index contributed by atoms with van der Waals surface area (Å²) in [6.45, 7) is 1.59. The molecule has 0 saturated heterocycles. The van der Waals surface area contributed by atoms with Gasteiger partial charge >= 0.3 is 11.9 Å². The number of esters is 1. The number of ether oxygens (including phenoxy) is 1. The molecular formula is C9H6ClFO6. The number of hydrogen-bond acceptors (Lipinski definition) is 6. The molecule has 6 nitrogen and oxygen atoms in total. The van der Waals surface area contributed by atoms with E-state index in [2.05, 4.69) is 14.1 Å². The van der Waals surface area contributed by atoms with Crippen LogP contribution in [-0.2, 0) is 9.68 Å². The average Bonchev–Trinajstić information content (AvgIpc) is 2.31. The molecule has 0 atom stereocenters. The lowest BCUT2D eigenvalue weighted by Gasteiger charge is -2.02. The third-order valence-electron chi connectivity index (χ3n) is 1.69. The zero-order valence-electron chi connectivity index (χ0n) is 8.49. The average molecular weight is 265 g/mol. The summed E-state index contributed by atoms with van der Waals surface area (Å²) in [5.41, 5.74) is -1.84. The second-order valence-corrected chi connectivity index (χ2v) is 3.08. The number of carbonyl (C=O) groups is 2. The minimum absolute atomic E-state index is 0.0488. The Morgan fingerprint density at radius 3 is 2.65 bits per heavy atom. The molecule has 1 aromatic rings. The normalized spacial score (nSPS) is 9.82. The lowest BCUT2D eigenvalue weighted by atomic mass is 10.2. The van der Waals surface area contributed by atoms with Crippen molar-refractivity contribution in [2.45, 2.75) is 6.92 Å². The molecule has 0 aliphatic heterocycles. The summed E-state index contributed by atoms with van der Waals surface area (Å²) >= 11 is 5.49. The molecule has 0 fully saturated rings. The van der Waals surface area contributed by atoms with E-state index in [-0.39, 0.29) is 6.61 Å². The van der Waals surface area contributed by atoms with E-state index in [1.807, 2.05) is 0 Å². The Balaban J connectivity index is 3.24. The molecule has 0 aliphatic carbocycles. The second kappa shape index (κ2) is 5.44. The highest BCUT2D eigenvalue weighted by Gasteiger charge is 2.23. The molecule has 0 aromatic carbocycles. The molecule has 1 heterocycles. The van der Waals surface area contributed by atoms with Gasteiger partial charge in [-0.2, -0.15) is 0 Å². The number of carbonyl (C=O) groups excluding carboxylic acids is 2. The monoisotopic (exact) mass is 264 g/mol. The van der Waals surface area contributed by atoms with Gasteiger partial charge in [-0.15, -0.1) is 0 Å². The van der Waals surface area contributed by atoms with Crippen LogP contribution in [0, 0.1) is 0 Å². The fourth-order valence-electron chi connectivity index (χ4n) is 0.961. The van der Waals surface area contributed by atoms with Crippen molar-refractivity contribution in [2.24, 2.45) is 0 Å². The van der Waals surface area contributed by atoms with E-state index >= 15 is 0 Å². The highest BCUT2D eigenvalue weighted by atomic mass is 35.5. The van der Waals surface area contributed by atoms with Gasteiger partial charge in [-0.1, -0.05) is 11.6 Å². The third-order valence-corrected chi connectivity index (χ3v) is 2.03. The molecule has 1 rings (SSSR count). The number of rotatable bonds is 3. The largest absolute Gasteiger partial charge is 0.460 e. The van der Waals surface area contributed by atoms with Crippen LogP contribution in [0.1, 0.15) is 27.8 Å². The van der Waals surface area contributed by atoms with E-state index in [9.17, 15) is 18.9 Å². The first-order chi connectivity index (χ1) is 8.02. The molecule has 8 heteroatoms. The number of halogens is 2. The highest BCUT2D eigenvalue weighted by Crippen LogP contribution is 2.14. The van der Waals surface area contributed by atoms with Crippen LogP contribution in [0.3, 0.4) is 0 Å². The van der Waals surface area contributed by atoms with Crippen molar-refractivity contribution in [2.75, 3.05) is 6.61 Å². The fourth-order valence-corrected chi connectivity index (χ4v) is 1.18. The standard InChI is InChI=1S/C9H6ClFO6/c1-2-15-9(14)7-5(10)6(12)4(3-16-7)8(13)17-11/h3H,2H2,1H3. The predicted octanol–water partition coefficient (Wildman–Crippen LogP) is 1.51. The van der Waals surface area contributed by atoms with Crippen LogP contribution in [0.2, 0.25) is 5.02 Å². The summed E-state index contributed by atoms with van der Waals surface area (Å²) in [6.07, 6.45) is 0.572. The van der Waals surface area contributed by atoms with Crippen LogP contribution in [-0.4, -0.2) is 18.5 Å². The van der Waals surface area contributed by atoms with Crippen LogP contribution >= 0.6 is 11.6 Å². The van der Waals surface area contributed by atoms with Crippen molar-refractivity contribution in [3.05, 3.63) is 32.8 Å². The Labute approximate surface area is 98.8 Å². The molecule has 0 saturated carbocycles. The van der Waals surface area contributed by atoms with Gasteiger partial charge in [0.1, 0.15) is 16.8 Å². The van der Waals surface area contributed by atoms with Crippen molar-refractivity contribution in [3.8, 4) is 0 Å². The van der Waals surface area contributed by atoms with Crippen molar-refractivity contribution in [3.63, 3.8) is 0 Å². The second-order valence-electron chi connectivity index (χ2n) is 2.71. The van der Waals surface area contributed by atoms with Gasteiger partial charge in [-0.05, 0) is 6.92 Å². The molecule has 17 heavy (non-hydrogen) atoms. The molecule has 0 radical (unpaired) electrons. The van der Waals surface area contributed by atoms with Crippen molar-refractivity contribution < 1.29 is 28.2 Å². The molecule has 0 N–H and O–H groups in total. The van der Waals surface area contributed by atoms with Gasteiger partial charge in [-0.25, -0.2) is 14.5 Å². The first-order valence-corrected chi connectivity index (χ1v) is 4.72. The molecule has 0 amide bonds. The Kier molecular flexibility index (Phi) is 4.22. The fraction of sp³-hybridized carbons (Fsp3) is 0.222. The Bertz CT molecular complexity index is 509. The van der Waals surface area contributed by atoms with Crippen LogP contribution in [0.25, 0.3) is 0 Å². The Hall–Kier alpha value is -1.89. The van der Waals surface area contributed by atoms with Crippen molar-refractivity contribution >= 4 is 23.5 Å². The SMILES string of the molecule is CCOC(=O)c1occ(C(=O)OF)c(=O)c1Cl. The van der Waals surface area contributed by atoms with Gasteiger partial charge < -0.3 is 9.15 Å².